The standard InChI is InChI=1S/C6H12N4.H4N2.H2O4S/c1-7-2-9-4-8(1)5-10(3-7)6-9;1-2;1-5(2,3)4/h1-6H2;1-2H2;(H2,1,2,3,4). The van der Waals surface area contributed by atoms with Gasteiger partial charge in [0.2, 0.25) is 0 Å². The first kappa shape index (κ1) is 14.7. The van der Waals surface area contributed by atoms with Crippen LogP contribution in [0.25, 0.3) is 0 Å². The summed E-state index contributed by atoms with van der Waals surface area (Å²) in [6, 6.07) is 0. The molecule has 0 spiro atoms. The van der Waals surface area contributed by atoms with Crippen LogP contribution in [-0.4, -0.2) is 77.1 Å². The summed E-state index contributed by atoms with van der Waals surface area (Å²) in [5.74, 6) is 8.00. The van der Waals surface area contributed by atoms with E-state index in [9.17, 15) is 0 Å². The second-order valence-electron chi connectivity index (χ2n) is 3.98. The maximum absolute atomic E-state index is 8.74. The van der Waals surface area contributed by atoms with Gasteiger partial charge >= 0.3 is 10.4 Å². The Kier molecular flexibility index (Phi) is 5.18. The van der Waals surface area contributed by atoms with Crippen LogP contribution in [0.3, 0.4) is 0 Å². The highest BCUT2D eigenvalue weighted by Gasteiger charge is 2.36. The summed E-state index contributed by atoms with van der Waals surface area (Å²) < 4.78 is 31.6. The molecule has 4 heterocycles. The second-order valence-corrected chi connectivity index (χ2v) is 4.88. The fourth-order valence-electron chi connectivity index (χ4n) is 2.23. The Labute approximate surface area is 99.9 Å². The van der Waals surface area contributed by atoms with Gasteiger partial charge in [0.25, 0.3) is 0 Å². The Balaban J connectivity index is 0.000000180. The highest BCUT2D eigenvalue weighted by atomic mass is 32.3. The molecule has 0 radical (unpaired) electrons. The molecule has 0 amide bonds. The second kappa shape index (κ2) is 5.99. The zero-order valence-corrected chi connectivity index (χ0v) is 10.1. The average Bonchev–Trinajstić information content (AvgIpc) is 2.15. The minimum absolute atomic E-state index is 1.19. The lowest BCUT2D eigenvalue weighted by Gasteiger charge is -2.56. The third-order valence-electron chi connectivity index (χ3n) is 2.40. The zero-order valence-electron chi connectivity index (χ0n) is 9.31. The van der Waals surface area contributed by atoms with E-state index in [0.717, 1.165) is 0 Å². The average molecular weight is 270 g/mol. The van der Waals surface area contributed by atoms with Gasteiger partial charge in [-0.25, -0.2) is 0 Å². The summed E-state index contributed by atoms with van der Waals surface area (Å²) in [5, 5.41) is 0. The molecule has 4 fully saturated rings. The van der Waals surface area contributed by atoms with Crippen molar-refractivity contribution in [3.05, 3.63) is 0 Å². The molecular weight excluding hydrogens is 252 g/mol. The Hall–Kier alpha value is -0.370. The summed E-state index contributed by atoms with van der Waals surface area (Å²) in [4.78, 5) is 9.88. The van der Waals surface area contributed by atoms with Gasteiger partial charge in [-0.3, -0.25) is 40.4 Å². The van der Waals surface area contributed by atoms with Crippen molar-refractivity contribution in [1.82, 2.24) is 19.6 Å². The van der Waals surface area contributed by atoms with Crippen LogP contribution in [0.2, 0.25) is 0 Å². The molecule has 4 bridgehead atoms. The molecule has 4 aliphatic heterocycles. The third-order valence-corrected chi connectivity index (χ3v) is 2.40. The van der Waals surface area contributed by atoms with Gasteiger partial charge < -0.3 is 0 Å². The molecular formula is C6H18N6O4S. The van der Waals surface area contributed by atoms with E-state index in [0.29, 0.717) is 0 Å². The number of hydrogen-bond donors (Lipinski definition) is 4. The van der Waals surface area contributed by atoms with Crippen LogP contribution >= 0.6 is 0 Å². The SMILES string of the molecule is C1N2CN3CN1CN(C2)C3.NN.O=S(=O)(O)O. The highest BCUT2D eigenvalue weighted by Crippen LogP contribution is 2.20. The molecule has 0 aromatic rings. The van der Waals surface area contributed by atoms with Crippen molar-refractivity contribution in [3.8, 4) is 0 Å². The molecule has 0 aromatic heterocycles. The minimum Gasteiger partial charge on any atom is -0.274 e. The first-order valence-electron chi connectivity index (χ1n) is 4.83. The van der Waals surface area contributed by atoms with Crippen molar-refractivity contribution < 1.29 is 17.5 Å². The van der Waals surface area contributed by atoms with Crippen LogP contribution < -0.4 is 11.7 Å². The predicted molar refractivity (Wildman–Crippen MR) is 59.1 cm³/mol. The van der Waals surface area contributed by atoms with Gasteiger partial charge in [0.15, 0.2) is 0 Å². The lowest BCUT2D eigenvalue weighted by molar-refractivity contribution is -0.194. The van der Waals surface area contributed by atoms with Crippen molar-refractivity contribution in [2.45, 2.75) is 0 Å². The summed E-state index contributed by atoms with van der Waals surface area (Å²) >= 11 is 0. The molecule has 10 nitrogen and oxygen atoms in total. The molecule has 0 saturated carbocycles. The first-order chi connectivity index (χ1) is 7.90. The Morgan fingerprint density at radius 1 is 0.706 bits per heavy atom. The van der Waals surface area contributed by atoms with E-state index in [1.54, 1.807) is 0 Å². The maximum atomic E-state index is 8.74. The van der Waals surface area contributed by atoms with Crippen LogP contribution in [0, 0.1) is 0 Å². The van der Waals surface area contributed by atoms with Crippen molar-refractivity contribution in [3.63, 3.8) is 0 Å². The van der Waals surface area contributed by atoms with E-state index in [2.05, 4.69) is 31.3 Å². The molecule has 4 rings (SSSR count). The lowest BCUT2D eigenvalue weighted by atomic mass is 10.4. The van der Waals surface area contributed by atoms with Gasteiger partial charge in [0, 0.05) is 0 Å². The fourth-order valence-corrected chi connectivity index (χ4v) is 2.23. The number of nitrogens with zero attached hydrogens (tertiary/aromatic N) is 4. The Morgan fingerprint density at radius 3 is 0.941 bits per heavy atom. The smallest absolute Gasteiger partial charge is 0.274 e. The van der Waals surface area contributed by atoms with E-state index >= 15 is 0 Å². The zero-order chi connectivity index (χ0) is 13.1. The molecule has 0 unspecified atom stereocenters. The number of rotatable bonds is 0. The summed E-state index contributed by atoms with van der Waals surface area (Å²) in [6.07, 6.45) is 0. The Bertz CT molecular complexity index is 271. The van der Waals surface area contributed by atoms with Gasteiger partial charge in [0.05, 0.1) is 40.0 Å². The normalized spacial score (nSPS) is 37.6. The molecule has 0 atom stereocenters. The predicted octanol–water partition coefficient (Wildman–Crippen LogP) is -2.85. The molecule has 4 aliphatic rings. The van der Waals surface area contributed by atoms with Crippen molar-refractivity contribution in [2.24, 2.45) is 11.7 Å². The van der Waals surface area contributed by atoms with Crippen LogP contribution in [0.1, 0.15) is 0 Å². The van der Waals surface area contributed by atoms with E-state index in [-0.39, 0.29) is 0 Å². The molecule has 4 saturated heterocycles. The number of hydrogen-bond acceptors (Lipinski definition) is 8. The summed E-state index contributed by atoms with van der Waals surface area (Å²) in [5.41, 5.74) is 0. The number of nitrogens with two attached hydrogens (primary N) is 2. The topological polar surface area (TPSA) is 140 Å². The van der Waals surface area contributed by atoms with E-state index < -0.39 is 10.4 Å². The van der Waals surface area contributed by atoms with Crippen LogP contribution in [0.5, 0.6) is 0 Å². The van der Waals surface area contributed by atoms with Crippen LogP contribution in [-0.2, 0) is 10.4 Å². The molecule has 17 heavy (non-hydrogen) atoms. The highest BCUT2D eigenvalue weighted by molar-refractivity contribution is 7.79. The Morgan fingerprint density at radius 2 is 0.824 bits per heavy atom. The van der Waals surface area contributed by atoms with Gasteiger partial charge in [-0.2, -0.15) is 8.42 Å². The van der Waals surface area contributed by atoms with E-state index in [1.807, 2.05) is 0 Å². The monoisotopic (exact) mass is 270 g/mol. The van der Waals surface area contributed by atoms with Crippen LogP contribution in [0.4, 0.5) is 0 Å². The maximum Gasteiger partial charge on any atom is 0.394 e. The van der Waals surface area contributed by atoms with Crippen molar-refractivity contribution in [2.75, 3.05) is 40.0 Å². The summed E-state index contributed by atoms with van der Waals surface area (Å²) in [7, 11) is -4.67. The van der Waals surface area contributed by atoms with Crippen molar-refractivity contribution >= 4 is 10.4 Å². The van der Waals surface area contributed by atoms with Crippen molar-refractivity contribution in [1.29, 1.82) is 0 Å². The third kappa shape index (κ3) is 5.20. The van der Waals surface area contributed by atoms with Gasteiger partial charge in [-0.05, 0) is 0 Å². The summed E-state index contributed by atoms with van der Waals surface area (Å²) in [6.45, 7) is 7.12. The minimum atomic E-state index is -4.67. The molecule has 0 aromatic carbocycles. The fraction of sp³-hybridized carbons (Fsp3) is 1.00. The van der Waals surface area contributed by atoms with Gasteiger partial charge in [0.1, 0.15) is 0 Å². The van der Waals surface area contributed by atoms with Gasteiger partial charge in [-0.15, -0.1) is 0 Å². The quantitative estimate of drug-likeness (QED) is 0.206. The lowest BCUT2D eigenvalue weighted by Crippen LogP contribution is -2.71. The molecule has 102 valence electrons. The van der Waals surface area contributed by atoms with E-state index in [4.69, 9.17) is 17.5 Å². The molecule has 0 aliphatic carbocycles. The van der Waals surface area contributed by atoms with Gasteiger partial charge in [-0.1, -0.05) is 0 Å². The number of hydrazine groups is 1. The van der Waals surface area contributed by atoms with E-state index in [1.165, 1.54) is 40.0 Å². The van der Waals surface area contributed by atoms with Crippen LogP contribution in [0.15, 0.2) is 0 Å². The largest absolute Gasteiger partial charge is 0.394 e. The first-order valence-corrected chi connectivity index (χ1v) is 6.22. The molecule has 6 N–H and O–H groups in total. The molecule has 11 heteroatoms.